The summed E-state index contributed by atoms with van der Waals surface area (Å²) in [6.45, 7) is 5.44. The zero-order valence-electron chi connectivity index (χ0n) is 9.33. The van der Waals surface area contributed by atoms with Gasteiger partial charge in [-0.3, -0.25) is 4.98 Å². The first-order valence-corrected chi connectivity index (χ1v) is 5.16. The maximum Gasteiger partial charge on any atom is 0.0697 e. The van der Waals surface area contributed by atoms with Gasteiger partial charge in [0.25, 0.3) is 0 Å². The van der Waals surface area contributed by atoms with E-state index in [1.165, 1.54) is 0 Å². The summed E-state index contributed by atoms with van der Waals surface area (Å²) in [6, 6.07) is 8.17. The molecule has 1 N–H and O–H groups in total. The third-order valence-electron chi connectivity index (χ3n) is 2.15. The van der Waals surface area contributed by atoms with Gasteiger partial charge >= 0.3 is 0 Å². The molecule has 3 nitrogen and oxygen atoms in total. The molecule has 0 spiro atoms. The molecule has 0 unspecified atom stereocenters. The molecule has 0 radical (unpaired) electrons. The molecule has 0 saturated carbocycles. The number of nitriles is 1. The van der Waals surface area contributed by atoms with Crippen molar-refractivity contribution in [1.29, 1.82) is 5.26 Å². The van der Waals surface area contributed by atoms with Crippen molar-refractivity contribution in [3.8, 4) is 6.07 Å². The molecule has 0 atom stereocenters. The summed E-state index contributed by atoms with van der Waals surface area (Å²) in [5.74, 6) is 0. The normalized spacial score (nSPS) is 11.0. The van der Waals surface area contributed by atoms with Crippen molar-refractivity contribution in [3.05, 3.63) is 30.1 Å². The second kappa shape index (κ2) is 5.47. The Morgan fingerprint density at radius 2 is 2.27 bits per heavy atom. The van der Waals surface area contributed by atoms with Gasteiger partial charge in [-0.15, -0.1) is 0 Å². The van der Waals surface area contributed by atoms with Gasteiger partial charge in [0.05, 0.1) is 11.5 Å². The first kappa shape index (κ1) is 11.7. The van der Waals surface area contributed by atoms with Crippen molar-refractivity contribution >= 4 is 0 Å². The number of hydrogen-bond donors (Lipinski definition) is 1. The van der Waals surface area contributed by atoms with Crippen LogP contribution in [0.4, 0.5) is 0 Å². The lowest BCUT2D eigenvalue weighted by Crippen LogP contribution is -2.29. The Bertz CT molecular complexity index is 324. The summed E-state index contributed by atoms with van der Waals surface area (Å²) >= 11 is 0. The predicted molar refractivity (Wildman–Crippen MR) is 60.2 cm³/mol. The molecular formula is C12H17N3. The van der Waals surface area contributed by atoms with Crippen LogP contribution >= 0.6 is 0 Å². The minimum atomic E-state index is -0.288. The third kappa shape index (κ3) is 4.57. The van der Waals surface area contributed by atoms with Crippen LogP contribution in [0.1, 0.15) is 19.5 Å². The molecule has 0 aromatic carbocycles. The molecule has 1 rings (SSSR count). The maximum atomic E-state index is 8.81. The summed E-state index contributed by atoms with van der Waals surface area (Å²) in [4.78, 5) is 4.23. The Balaban J connectivity index is 2.21. The Labute approximate surface area is 91.1 Å². The van der Waals surface area contributed by atoms with Gasteiger partial charge in [-0.1, -0.05) is 6.07 Å². The second-order valence-electron chi connectivity index (χ2n) is 4.24. The van der Waals surface area contributed by atoms with E-state index in [0.717, 1.165) is 25.2 Å². The minimum absolute atomic E-state index is 0.288. The number of hydrogen-bond acceptors (Lipinski definition) is 3. The topological polar surface area (TPSA) is 48.7 Å². The Morgan fingerprint density at radius 3 is 2.87 bits per heavy atom. The van der Waals surface area contributed by atoms with Crippen LogP contribution in [0.2, 0.25) is 0 Å². The smallest absolute Gasteiger partial charge is 0.0697 e. The molecule has 3 heteroatoms. The average molecular weight is 203 g/mol. The van der Waals surface area contributed by atoms with Crippen molar-refractivity contribution < 1.29 is 0 Å². The quantitative estimate of drug-likeness (QED) is 0.742. The fourth-order valence-electron chi connectivity index (χ4n) is 1.20. The number of nitrogens with one attached hydrogen (secondary N) is 1. The van der Waals surface area contributed by atoms with Gasteiger partial charge in [0.2, 0.25) is 0 Å². The van der Waals surface area contributed by atoms with Crippen LogP contribution in [-0.4, -0.2) is 18.1 Å². The fraction of sp³-hybridized carbons (Fsp3) is 0.500. The summed E-state index contributed by atoms with van der Waals surface area (Å²) in [6.07, 6.45) is 2.71. The molecule has 0 saturated heterocycles. The van der Waals surface area contributed by atoms with E-state index in [1.807, 2.05) is 32.0 Å². The van der Waals surface area contributed by atoms with Crippen LogP contribution in [0.3, 0.4) is 0 Å². The van der Waals surface area contributed by atoms with Gasteiger partial charge in [-0.2, -0.15) is 5.26 Å². The van der Waals surface area contributed by atoms with Crippen molar-refractivity contribution in [1.82, 2.24) is 10.3 Å². The number of pyridine rings is 1. The van der Waals surface area contributed by atoms with Gasteiger partial charge in [0.15, 0.2) is 0 Å². The standard InChI is InChI=1S/C12H17N3/c1-12(2,9-13)10-14-8-6-11-5-3-4-7-15-11/h3-5,7,14H,6,8,10H2,1-2H3. The van der Waals surface area contributed by atoms with E-state index in [4.69, 9.17) is 5.26 Å². The molecule has 1 aromatic rings. The highest BCUT2D eigenvalue weighted by atomic mass is 14.9. The summed E-state index contributed by atoms with van der Waals surface area (Å²) in [7, 11) is 0. The lowest BCUT2D eigenvalue weighted by molar-refractivity contribution is 0.447. The molecule has 1 aromatic heterocycles. The molecule has 15 heavy (non-hydrogen) atoms. The van der Waals surface area contributed by atoms with Gasteiger partial charge in [-0.25, -0.2) is 0 Å². The van der Waals surface area contributed by atoms with E-state index in [-0.39, 0.29) is 5.41 Å². The van der Waals surface area contributed by atoms with Crippen molar-refractivity contribution in [2.45, 2.75) is 20.3 Å². The zero-order valence-corrected chi connectivity index (χ0v) is 9.33. The molecule has 0 fully saturated rings. The van der Waals surface area contributed by atoms with E-state index >= 15 is 0 Å². The van der Waals surface area contributed by atoms with E-state index in [9.17, 15) is 0 Å². The van der Waals surface area contributed by atoms with E-state index < -0.39 is 0 Å². The summed E-state index contributed by atoms with van der Waals surface area (Å²) in [5, 5.41) is 12.1. The Morgan fingerprint density at radius 1 is 1.47 bits per heavy atom. The fourth-order valence-corrected chi connectivity index (χ4v) is 1.20. The van der Waals surface area contributed by atoms with Crippen LogP contribution in [0.15, 0.2) is 24.4 Å². The SMILES string of the molecule is CC(C)(C#N)CNCCc1ccccn1. The highest BCUT2D eigenvalue weighted by Crippen LogP contribution is 2.10. The van der Waals surface area contributed by atoms with Crippen LogP contribution in [-0.2, 0) is 6.42 Å². The van der Waals surface area contributed by atoms with Crippen LogP contribution in [0, 0.1) is 16.7 Å². The van der Waals surface area contributed by atoms with E-state index in [1.54, 1.807) is 6.20 Å². The van der Waals surface area contributed by atoms with Crippen LogP contribution in [0.25, 0.3) is 0 Å². The molecule has 0 aliphatic heterocycles. The predicted octanol–water partition coefficient (Wildman–Crippen LogP) is 1.76. The maximum absolute atomic E-state index is 8.81. The molecule has 0 aliphatic carbocycles. The first-order chi connectivity index (χ1) is 7.14. The van der Waals surface area contributed by atoms with Gasteiger partial charge < -0.3 is 5.32 Å². The monoisotopic (exact) mass is 203 g/mol. The minimum Gasteiger partial charge on any atom is -0.315 e. The number of rotatable bonds is 5. The Hall–Kier alpha value is -1.40. The average Bonchev–Trinajstić information content (AvgIpc) is 2.26. The largest absolute Gasteiger partial charge is 0.315 e. The third-order valence-corrected chi connectivity index (χ3v) is 2.15. The molecule has 0 amide bonds. The van der Waals surface area contributed by atoms with E-state index in [2.05, 4.69) is 16.4 Å². The van der Waals surface area contributed by atoms with Gasteiger partial charge in [-0.05, 0) is 26.0 Å². The van der Waals surface area contributed by atoms with Crippen LogP contribution < -0.4 is 5.32 Å². The van der Waals surface area contributed by atoms with Crippen molar-refractivity contribution in [2.75, 3.05) is 13.1 Å². The zero-order chi connectivity index (χ0) is 11.1. The molecule has 0 aliphatic rings. The second-order valence-corrected chi connectivity index (χ2v) is 4.24. The van der Waals surface area contributed by atoms with E-state index in [0.29, 0.717) is 0 Å². The summed E-state index contributed by atoms with van der Waals surface area (Å²) in [5.41, 5.74) is 0.796. The van der Waals surface area contributed by atoms with Crippen LogP contribution in [0.5, 0.6) is 0 Å². The first-order valence-electron chi connectivity index (χ1n) is 5.16. The summed E-state index contributed by atoms with van der Waals surface area (Å²) < 4.78 is 0. The van der Waals surface area contributed by atoms with Crippen molar-refractivity contribution in [3.63, 3.8) is 0 Å². The Kier molecular flexibility index (Phi) is 4.26. The highest BCUT2D eigenvalue weighted by Gasteiger charge is 2.14. The molecule has 1 heterocycles. The molecule has 80 valence electrons. The molecular weight excluding hydrogens is 186 g/mol. The van der Waals surface area contributed by atoms with Gasteiger partial charge in [0, 0.05) is 31.4 Å². The van der Waals surface area contributed by atoms with Gasteiger partial charge in [0.1, 0.15) is 0 Å². The lowest BCUT2D eigenvalue weighted by Gasteiger charge is -2.15. The van der Waals surface area contributed by atoms with Crippen molar-refractivity contribution in [2.24, 2.45) is 5.41 Å². The molecule has 0 bridgehead atoms. The number of aromatic nitrogens is 1. The number of nitrogens with zero attached hydrogens (tertiary/aromatic N) is 2. The lowest BCUT2D eigenvalue weighted by atomic mass is 9.96. The highest BCUT2D eigenvalue weighted by molar-refractivity contribution is 5.03.